The van der Waals surface area contributed by atoms with Gasteiger partial charge in [-0.2, -0.15) is 0 Å². The summed E-state index contributed by atoms with van der Waals surface area (Å²) in [5.74, 6) is -2.28. The Bertz CT molecular complexity index is 568. The van der Waals surface area contributed by atoms with E-state index in [-0.39, 0.29) is 17.7 Å². The molecule has 0 radical (unpaired) electrons. The van der Waals surface area contributed by atoms with E-state index in [1.54, 1.807) is 6.92 Å². The smallest absolute Gasteiger partial charge is 0.307 e. The maximum atomic E-state index is 12.3. The van der Waals surface area contributed by atoms with Crippen LogP contribution in [0.25, 0.3) is 0 Å². The van der Waals surface area contributed by atoms with Crippen LogP contribution in [0.1, 0.15) is 11.4 Å². The van der Waals surface area contributed by atoms with Gasteiger partial charge in [-0.1, -0.05) is 23.5 Å². The number of hydrogen-bond donors (Lipinski definition) is 2. The number of allylic oxidation sites excluding steroid dienone is 2. The van der Waals surface area contributed by atoms with E-state index in [1.165, 1.54) is 11.3 Å². The number of carboxylic acids is 1. The first-order valence-electron chi connectivity index (χ1n) is 6.08. The van der Waals surface area contributed by atoms with Gasteiger partial charge in [0.2, 0.25) is 11.0 Å². The monoisotopic (exact) mass is 279 g/mol. The number of carbonyl (C=O) groups excluding carboxylic acids is 1. The summed E-state index contributed by atoms with van der Waals surface area (Å²) in [6.45, 7) is 1.80. The van der Waals surface area contributed by atoms with E-state index < -0.39 is 17.8 Å². The number of carbonyl (C=O) groups is 2. The normalized spacial score (nSPS) is 31.6. The third-order valence-corrected chi connectivity index (χ3v) is 4.56. The third-order valence-electron chi connectivity index (χ3n) is 3.80. The molecule has 19 heavy (non-hydrogen) atoms. The minimum absolute atomic E-state index is 0.0191. The van der Waals surface area contributed by atoms with Gasteiger partial charge in [0.05, 0.1) is 11.8 Å². The highest BCUT2D eigenvalue weighted by Gasteiger charge is 2.51. The molecule has 2 aliphatic rings. The number of rotatable bonds is 3. The van der Waals surface area contributed by atoms with Crippen LogP contribution in [-0.4, -0.2) is 27.2 Å². The lowest BCUT2D eigenvalue weighted by molar-refractivity contribution is -0.146. The number of aryl methyl sites for hydroxylation is 1. The van der Waals surface area contributed by atoms with Gasteiger partial charge in [0, 0.05) is 0 Å². The highest BCUT2D eigenvalue weighted by Crippen LogP contribution is 2.48. The Hall–Kier alpha value is -1.76. The minimum atomic E-state index is -0.898. The van der Waals surface area contributed by atoms with Crippen LogP contribution in [-0.2, 0) is 9.59 Å². The number of hydrogen-bond acceptors (Lipinski definition) is 5. The minimum Gasteiger partial charge on any atom is -0.481 e. The number of aliphatic carboxylic acids is 1. The Morgan fingerprint density at radius 2 is 2.00 bits per heavy atom. The van der Waals surface area contributed by atoms with Crippen LogP contribution in [0.3, 0.4) is 0 Å². The molecule has 1 aromatic rings. The summed E-state index contributed by atoms with van der Waals surface area (Å²) in [6, 6.07) is 0. The van der Waals surface area contributed by atoms with Crippen LogP contribution in [0, 0.1) is 30.6 Å². The van der Waals surface area contributed by atoms with Crippen molar-refractivity contribution in [2.45, 2.75) is 13.3 Å². The zero-order chi connectivity index (χ0) is 13.6. The Balaban J connectivity index is 1.79. The van der Waals surface area contributed by atoms with Crippen molar-refractivity contribution in [3.63, 3.8) is 0 Å². The zero-order valence-electron chi connectivity index (χ0n) is 10.2. The van der Waals surface area contributed by atoms with Crippen LogP contribution in [0.5, 0.6) is 0 Å². The predicted molar refractivity (Wildman–Crippen MR) is 68.6 cm³/mol. The Labute approximate surface area is 113 Å². The number of aromatic nitrogens is 2. The van der Waals surface area contributed by atoms with Gasteiger partial charge in [0.1, 0.15) is 5.01 Å². The fraction of sp³-hybridized carbons (Fsp3) is 0.500. The van der Waals surface area contributed by atoms with Gasteiger partial charge in [-0.05, 0) is 25.2 Å². The SMILES string of the molecule is Cc1nnc(NC(=O)[C@H]2[C@H](C(=O)O)[C@H]3C=C[C@H]2C3)s1. The van der Waals surface area contributed by atoms with Crippen molar-refractivity contribution in [1.29, 1.82) is 0 Å². The molecule has 4 atom stereocenters. The van der Waals surface area contributed by atoms with Crippen LogP contribution in [0.15, 0.2) is 12.2 Å². The van der Waals surface area contributed by atoms with Crippen molar-refractivity contribution in [1.82, 2.24) is 10.2 Å². The van der Waals surface area contributed by atoms with Gasteiger partial charge in [-0.3, -0.25) is 9.59 Å². The molecule has 0 unspecified atom stereocenters. The molecule has 1 amide bonds. The van der Waals surface area contributed by atoms with Crippen molar-refractivity contribution in [3.8, 4) is 0 Å². The molecule has 0 aromatic carbocycles. The van der Waals surface area contributed by atoms with E-state index in [0.717, 1.165) is 11.4 Å². The topological polar surface area (TPSA) is 92.2 Å². The van der Waals surface area contributed by atoms with Crippen LogP contribution in [0.4, 0.5) is 5.13 Å². The summed E-state index contributed by atoms with van der Waals surface area (Å²) in [7, 11) is 0. The molecular weight excluding hydrogens is 266 g/mol. The van der Waals surface area contributed by atoms with E-state index in [2.05, 4.69) is 15.5 Å². The van der Waals surface area contributed by atoms with E-state index >= 15 is 0 Å². The van der Waals surface area contributed by atoms with Gasteiger partial charge in [0.25, 0.3) is 0 Å². The quantitative estimate of drug-likeness (QED) is 0.814. The maximum absolute atomic E-state index is 12.3. The molecule has 3 rings (SSSR count). The molecule has 1 aromatic heterocycles. The van der Waals surface area contributed by atoms with Crippen molar-refractivity contribution < 1.29 is 14.7 Å². The molecule has 0 spiro atoms. The van der Waals surface area contributed by atoms with Crippen molar-refractivity contribution in [3.05, 3.63) is 17.2 Å². The summed E-state index contributed by atoms with van der Waals surface area (Å²) < 4.78 is 0. The lowest BCUT2D eigenvalue weighted by atomic mass is 9.82. The van der Waals surface area contributed by atoms with E-state index in [9.17, 15) is 14.7 Å². The van der Waals surface area contributed by atoms with Gasteiger partial charge in [-0.15, -0.1) is 10.2 Å². The summed E-state index contributed by atoms with van der Waals surface area (Å²) >= 11 is 1.28. The van der Waals surface area contributed by atoms with Gasteiger partial charge in [0.15, 0.2) is 0 Å². The second-order valence-electron chi connectivity index (χ2n) is 4.95. The van der Waals surface area contributed by atoms with E-state index in [1.807, 2.05) is 12.2 Å². The zero-order valence-corrected chi connectivity index (χ0v) is 11.1. The van der Waals surface area contributed by atoms with Crippen molar-refractivity contribution in [2.24, 2.45) is 23.7 Å². The molecule has 100 valence electrons. The Morgan fingerprint density at radius 3 is 2.58 bits per heavy atom. The summed E-state index contributed by atoms with van der Waals surface area (Å²) in [4.78, 5) is 23.6. The van der Waals surface area contributed by atoms with Crippen LogP contribution in [0.2, 0.25) is 0 Å². The Kier molecular flexibility index (Phi) is 2.85. The molecule has 2 bridgehead atoms. The van der Waals surface area contributed by atoms with E-state index in [0.29, 0.717) is 5.13 Å². The summed E-state index contributed by atoms with van der Waals surface area (Å²) in [6.07, 6.45) is 4.63. The van der Waals surface area contributed by atoms with Gasteiger partial charge < -0.3 is 10.4 Å². The highest BCUT2D eigenvalue weighted by molar-refractivity contribution is 7.15. The number of carboxylic acid groups (broad SMARTS) is 1. The standard InChI is InChI=1S/C12H13N3O3S/c1-5-14-15-12(19-5)13-10(16)8-6-2-3-7(4-6)9(8)11(17)18/h2-3,6-9H,4H2,1H3,(H,17,18)(H,13,15,16)/t6-,7-,8+,9+/m0/s1. The summed E-state index contributed by atoms with van der Waals surface area (Å²) in [5.41, 5.74) is 0. The Morgan fingerprint density at radius 1 is 1.32 bits per heavy atom. The van der Waals surface area contributed by atoms with Gasteiger partial charge in [-0.25, -0.2) is 0 Å². The predicted octanol–water partition coefficient (Wildman–Crippen LogP) is 1.31. The van der Waals surface area contributed by atoms with Gasteiger partial charge >= 0.3 is 5.97 Å². The van der Waals surface area contributed by atoms with Crippen LogP contribution < -0.4 is 5.32 Å². The average Bonchev–Trinajstić information content (AvgIpc) is 3.03. The first-order chi connectivity index (χ1) is 9.06. The molecule has 2 N–H and O–H groups in total. The first kappa shape index (κ1) is 12.3. The number of nitrogens with one attached hydrogen (secondary N) is 1. The third kappa shape index (κ3) is 2.03. The maximum Gasteiger partial charge on any atom is 0.307 e. The molecule has 0 aliphatic heterocycles. The molecule has 1 heterocycles. The second-order valence-corrected chi connectivity index (χ2v) is 6.14. The number of fused-ring (bicyclic) bond motifs is 2. The average molecular weight is 279 g/mol. The second kappa shape index (κ2) is 4.41. The molecule has 0 saturated heterocycles. The fourth-order valence-electron chi connectivity index (χ4n) is 3.05. The van der Waals surface area contributed by atoms with Crippen molar-refractivity contribution >= 4 is 28.3 Å². The van der Waals surface area contributed by atoms with Crippen LogP contribution >= 0.6 is 11.3 Å². The molecule has 2 aliphatic carbocycles. The lowest BCUT2D eigenvalue weighted by Crippen LogP contribution is -2.36. The molecule has 1 fully saturated rings. The molecule has 6 nitrogen and oxygen atoms in total. The number of anilines is 1. The number of amides is 1. The first-order valence-corrected chi connectivity index (χ1v) is 6.90. The number of nitrogens with zero attached hydrogens (tertiary/aromatic N) is 2. The largest absolute Gasteiger partial charge is 0.481 e. The fourth-order valence-corrected chi connectivity index (χ4v) is 3.65. The molecular formula is C12H13N3O3S. The molecule has 7 heteroatoms. The summed E-state index contributed by atoms with van der Waals surface area (Å²) in [5, 5.41) is 20.8. The van der Waals surface area contributed by atoms with Crippen molar-refractivity contribution in [2.75, 3.05) is 5.32 Å². The van der Waals surface area contributed by atoms with E-state index in [4.69, 9.17) is 0 Å². The lowest BCUT2D eigenvalue weighted by Gasteiger charge is -2.23. The molecule has 1 saturated carbocycles. The highest BCUT2D eigenvalue weighted by atomic mass is 32.1.